The molecule has 2 aromatic rings. The zero-order valence-electron chi connectivity index (χ0n) is 7.21. The van der Waals surface area contributed by atoms with E-state index in [0.29, 0.717) is 18.9 Å². The molecular weight excluding hydrogens is 250 g/mol. The van der Waals surface area contributed by atoms with E-state index in [1.807, 2.05) is 6.20 Å². The Balaban J connectivity index is 1.98. The summed E-state index contributed by atoms with van der Waals surface area (Å²) in [4.78, 5) is 0. The molecule has 0 bridgehead atoms. The summed E-state index contributed by atoms with van der Waals surface area (Å²) in [6.45, 7) is 1.35. The van der Waals surface area contributed by atoms with Gasteiger partial charge in [-0.25, -0.2) is 4.68 Å². The molecule has 0 saturated heterocycles. The van der Waals surface area contributed by atoms with Crippen LogP contribution in [-0.2, 0) is 13.1 Å². The van der Waals surface area contributed by atoms with Crippen molar-refractivity contribution in [1.82, 2.24) is 30.0 Å². The fourth-order valence-electron chi connectivity index (χ4n) is 1.01. The summed E-state index contributed by atoms with van der Waals surface area (Å²) in [5.74, 6) is 0.488. The average Bonchev–Trinajstić information content (AvgIpc) is 2.74. The number of rotatable bonds is 3. The van der Waals surface area contributed by atoms with Gasteiger partial charge in [0, 0.05) is 6.20 Å². The van der Waals surface area contributed by atoms with E-state index in [1.165, 1.54) is 0 Å². The van der Waals surface area contributed by atoms with Gasteiger partial charge in [-0.15, -0.1) is 5.10 Å². The largest absolute Gasteiger partial charge is 0.381 e. The minimum atomic E-state index is 0.488. The fraction of sp³-hybridized carbons (Fsp3) is 0.333. The number of anilines is 1. The topological polar surface area (TPSA) is 87.4 Å². The molecule has 0 aliphatic carbocycles. The second kappa shape index (κ2) is 3.74. The van der Waals surface area contributed by atoms with Crippen LogP contribution in [0.5, 0.6) is 0 Å². The maximum atomic E-state index is 5.56. The first-order valence-corrected chi connectivity index (χ1v) is 4.74. The van der Waals surface area contributed by atoms with Gasteiger partial charge in [0.2, 0.25) is 0 Å². The van der Waals surface area contributed by atoms with E-state index in [1.54, 1.807) is 15.7 Å². The maximum absolute atomic E-state index is 5.56. The molecule has 0 radical (unpaired) electrons. The molecule has 0 aromatic carbocycles. The SMILES string of the molecule is Nc1nn(CCn2cnnn2)cc1Br. The Labute approximate surface area is 88.0 Å². The third kappa shape index (κ3) is 1.90. The minimum absolute atomic E-state index is 0.488. The number of nitrogen functional groups attached to an aromatic ring is 1. The van der Waals surface area contributed by atoms with Crippen LogP contribution in [0.1, 0.15) is 0 Å². The molecule has 0 unspecified atom stereocenters. The second-order valence-corrected chi connectivity index (χ2v) is 3.55. The minimum Gasteiger partial charge on any atom is -0.381 e. The molecule has 2 rings (SSSR count). The third-order valence-electron chi connectivity index (χ3n) is 1.69. The molecular formula is C6H8BrN7. The van der Waals surface area contributed by atoms with Gasteiger partial charge in [-0.1, -0.05) is 0 Å². The highest BCUT2D eigenvalue weighted by Crippen LogP contribution is 2.15. The number of tetrazole rings is 1. The summed E-state index contributed by atoms with van der Waals surface area (Å²) in [7, 11) is 0. The van der Waals surface area contributed by atoms with Gasteiger partial charge in [0.15, 0.2) is 5.82 Å². The van der Waals surface area contributed by atoms with Gasteiger partial charge < -0.3 is 5.73 Å². The van der Waals surface area contributed by atoms with Gasteiger partial charge in [-0.2, -0.15) is 5.10 Å². The van der Waals surface area contributed by atoms with Crippen LogP contribution < -0.4 is 5.73 Å². The van der Waals surface area contributed by atoms with Gasteiger partial charge in [0.25, 0.3) is 0 Å². The van der Waals surface area contributed by atoms with E-state index in [9.17, 15) is 0 Å². The Morgan fingerprint density at radius 3 is 2.71 bits per heavy atom. The van der Waals surface area contributed by atoms with E-state index in [2.05, 4.69) is 36.6 Å². The Morgan fingerprint density at radius 2 is 2.14 bits per heavy atom. The zero-order valence-corrected chi connectivity index (χ0v) is 8.79. The standard InChI is InChI=1S/C6H8BrN7/c7-5-3-13(10-6(5)8)1-2-14-4-9-11-12-14/h3-4H,1-2H2,(H2,8,10). The molecule has 0 spiro atoms. The lowest BCUT2D eigenvalue weighted by atomic mass is 10.6. The van der Waals surface area contributed by atoms with Crippen molar-refractivity contribution in [2.45, 2.75) is 13.1 Å². The van der Waals surface area contributed by atoms with Crippen molar-refractivity contribution < 1.29 is 0 Å². The van der Waals surface area contributed by atoms with E-state index >= 15 is 0 Å². The number of nitrogens with two attached hydrogens (primary N) is 1. The van der Waals surface area contributed by atoms with Crippen LogP contribution in [-0.4, -0.2) is 30.0 Å². The summed E-state index contributed by atoms with van der Waals surface area (Å²) < 4.78 is 4.17. The summed E-state index contributed by atoms with van der Waals surface area (Å²) in [5.41, 5.74) is 5.56. The first-order valence-electron chi connectivity index (χ1n) is 3.95. The number of aryl methyl sites for hydroxylation is 2. The quantitative estimate of drug-likeness (QED) is 0.831. The van der Waals surface area contributed by atoms with Crippen LogP contribution in [0.3, 0.4) is 0 Å². The summed E-state index contributed by atoms with van der Waals surface area (Å²) in [5, 5.41) is 14.9. The first kappa shape index (κ1) is 9.13. The van der Waals surface area contributed by atoms with E-state index in [0.717, 1.165) is 4.47 Å². The van der Waals surface area contributed by atoms with Crippen LogP contribution >= 0.6 is 15.9 Å². The summed E-state index contributed by atoms with van der Waals surface area (Å²) in [6, 6.07) is 0. The van der Waals surface area contributed by atoms with Crippen LogP contribution in [0.2, 0.25) is 0 Å². The lowest BCUT2D eigenvalue weighted by Crippen LogP contribution is -2.08. The van der Waals surface area contributed by atoms with Crippen molar-refractivity contribution in [3.05, 3.63) is 17.0 Å². The lowest BCUT2D eigenvalue weighted by Gasteiger charge is -1.99. The first-order chi connectivity index (χ1) is 6.75. The fourth-order valence-corrected chi connectivity index (χ4v) is 1.33. The lowest BCUT2D eigenvalue weighted by molar-refractivity contribution is 0.490. The van der Waals surface area contributed by atoms with Crippen LogP contribution in [0.25, 0.3) is 0 Å². The van der Waals surface area contributed by atoms with Gasteiger partial charge >= 0.3 is 0 Å². The number of hydrogen-bond acceptors (Lipinski definition) is 5. The van der Waals surface area contributed by atoms with Gasteiger partial charge in [0.05, 0.1) is 17.6 Å². The molecule has 74 valence electrons. The molecule has 8 heteroatoms. The molecule has 7 nitrogen and oxygen atoms in total. The predicted molar refractivity (Wildman–Crippen MR) is 52.2 cm³/mol. The van der Waals surface area contributed by atoms with Crippen LogP contribution in [0.15, 0.2) is 17.0 Å². The molecule has 14 heavy (non-hydrogen) atoms. The zero-order chi connectivity index (χ0) is 9.97. The molecule has 2 N–H and O–H groups in total. The molecule has 0 fully saturated rings. The number of halogens is 1. The van der Waals surface area contributed by atoms with Crippen LogP contribution in [0, 0.1) is 0 Å². The number of hydrogen-bond donors (Lipinski definition) is 1. The highest BCUT2D eigenvalue weighted by Gasteiger charge is 2.02. The molecule has 0 aliphatic rings. The predicted octanol–water partition coefficient (Wildman–Crippen LogP) is -0.0855. The Kier molecular flexibility index (Phi) is 2.44. The van der Waals surface area contributed by atoms with E-state index in [-0.39, 0.29) is 0 Å². The normalized spacial score (nSPS) is 10.6. The third-order valence-corrected chi connectivity index (χ3v) is 2.30. The van der Waals surface area contributed by atoms with Crippen LogP contribution in [0.4, 0.5) is 5.82 Å². The molecule has 0 aliphatic heterocycles. The van der Waals surface area contributed by atoms with Crippen molar-refractivity contribution >= 4 is 21.7 Å². The highest BCUT2D eigenvalue weighted by molar-refractivity contribution is 9.10. The smallest absolute Gasteiger partial charge is 0.159 e. The molecule has 2 heterocycles. The highest BCUT2D eigenvalue weighted by atomic mass is 79.9. The van der Waals surface area contributed by atoms with E-state index < -0.39 is 0 Å². The van der Waals surface area contributed by atoms with E-state index in [4.69, 9.17) is 5.73 Å². The van der Waals surface area contributed by atoms with Crippen molar-refractivity contribution in [3.63, 3.8) is 0 Å². The van der Waals surface area contributed by atoms with Crippen molar-refractivity contribution in [1.29, 1.82) is 0 Å². The maximum Gasteiger partial charge on any atom is 0.159 e. The van der Waals surface area contributed by atoms with Crippen molar-refractivity contribution in [2.24, 2.45) is 0 Å². The van der Waals surface area contributed by atoms with Gasteiger partial charge in [0.1, 0.15) is 6.33 Å². The van der Waals surface area contributed by atoms with Crippen molar-refractivity contribution in [3.8, 4) is 0 Å². The Bertz CT molecular complexity index is 386. The molecule has 0 saturated carbocycles. The second-order valence-electron chi connectivity index (χ2n) is 2.70. The van der Waals surface area contributed by atoms with Gasteiger partial charge in [-0.3, -0.25) is 4.68 Å². The van der Waals surface area contributed by atoms with Gasteiger partial charge in [-0.05, 0) is 26.4 Å². The molecule has 0 atom stereocenters. The average molecular weight is 258 g/mol. The number of aromatic nitrogens is 6. The Hall–Kier alpha value is -1.44. The summed E-state index contributed by atoms with van der Waals surface area (Å²) >= 11 is 3.28. The van der Waals surface area contributed by atoms with Crippen molar-refractivity contribution in [2.75, 3.05) is 5.73 Å². The monoisotopic (exact) mass is 257 g/mol. The number of nitrogens with zero attached hydrogens (tertiary/aromatic N) is 6. The summed E-state index contributed by atoms with van der Waals surface area (Å²) in [6.07, 6.45) is 3.38. The molecule has 0 amide bonds. The molecule has 2 aromatic heterocycles. The Morgan fingerprint density at radius 1 is 1.36 bits per heavy atom.